The van der Waals surface area contributed by atoms with Gasteiger partial charge in [-0.1, -0.05) is 36.7 Å². The smallest absolute Gasteiger partial charge is 0.106 e. The molecule has 2 N–H and O–H groups in total. The standard InChI is InChI=1S/C16H21ClN2S/c17-12-3-4-14(13(11-12)15(18)20)19-9-7-16(8-10-19)5-1-2-6-16/h3-4,11H,1-2,5-10H2,(H2,18,20). The van der Waals surface area contributed by atoms with E-state index in [1.165, 1.54) is 38.5 Å². The topological polar surface area (TPSA) is 29.3 Å². The van der Waals surface area contributed by atoms with Crippen LogP contribution in [0.25, 0.3) is 0 Å². The highest BCUT2D eigenvalue weighted by Gasteiger charge is 2.37. The highest BCUT2D eigenvalue weighted by molar-refractivity contribution is 7.80. The first-order valence-corrected chi connectivity index (χ1v) is 8.23. The maximum Gasteiger partial charge on any atom is 0.106 e. The molecule has 1 aromatic carbocycles. The number of hydrogen-bond donors (Lipinski definition) is 1. The predicted octanol–water partition coefficient (Wildman–Crippen LogP) is 4.13. The van der Waals surface area contributed by atoms with E-state index in [1.807, 2.05) is 12.1 Å². The Morgan fingerprint density at radius 1 is 1.15 bits per heavy atom. The van der Waals surface area contributed by atoms with Crippen LogP contribution in [0.4, 0.5) is 5.69 Å². The summed E-state index contributed by atoms with van der Waals surface area (Å²) in [6.45, 7) is 2.22. The minimum absolute atomic E-state index is 0.434. The average Bonchev–Trinajstić information content (AvgIpc) is 2.88. The van der Waals surface area contributed by atoms with Crippen molar-refractivity contribution in [3.63, 3.8) is 0 Å². The molecule has 1 saturated carbocycles. The molecule has 0 unspecified atom stereocenters. The van der Waals surface area contributed by atoms with E-state index in [9.17, 15) is 0 Å². The predicted molar refractivity (Wildman–Crippen MR) is 89.7 cm³/mol. The van der Waals surface area contributed by atoms with Crippen molar-refractivity contribution in [3.05, 3.63) is 28.8 Å². The zero-order valence-corrected chi connectivity index (χ0v) is 13.3. The molecule has 4 heteroatoms. The van der Waals surface area contributed by atoms with E-state index in [-0.39, 0.29) is 0 Å². The van der Waals surface area contributed by atoms with Crippen LogP contribution in [0.5, 0.6) is 0 Å². The third-order valence-corrected chi connectivity index (χ3v) is 5.51. The molecule has 0 atom stereocenters. The molecule has 1 heterocycles. The molecule has 2 fully saturated rings. The van der Waals surface area contributed by atoms with Gasteiger partial charge in [0, 0.05) is 29.4 Å². The molecule has 20 heavy (non-hydrogen) atoms. The van der Waals surface area contributed by atoms with Gasteiger partial charge in [-0.3, -0.25) is 0 Å². The van der Waals surface area contributed by atoms with Crippen molar-refractivity contribution in [2.75, 3.05) is 18.0 Å². The lowest BCUT2D eigenvalue weighted by atomic mass is 9.77. The van der Waals surface area contributed by atoms with Crippen molar-refractivity contribution in [1.29, 1.82) is 0 Å². The molecule has 0 aromatic heterocycles. The van der Waals surface area contributed by atoms with Gasteiger partial charge < -0.3 is 10.6 Å². The molecule has 1 aliphatic heterocycles. The molecule has 2 aliphatic rings. The zero-order valence-electron chi connectivity index (χ0n) is 11.7. The van der Waals surface area contributed by atoms with Crippen LogP contribution in [0.2, 0.25) is 5.02 Å². The molecule has 108 valence electrons. The van der Waals surface area contributed by atoms with Gasteiger partial charge >= 0.3 is 0 Å². The van der Waals surface area contributed by atoms with Gasteiger partial charge in [0.1, 0.15) is 4.99 Å². The van der Waals surface area contributed by atoms with E-state index < -0.39 is 0 Å². The van der Waals surface area contributed by atoms with Gasteiger partial charge in [0.15, 0.2) is 0 Å². The second kappa shape index (κ2) is 5.53. The summed E-state index contributed by atoms with van der Waals surface area (Å²) in [5, 5.41) is 0.695. The summed E-state index contributed by atoms with van der Waals surface area (Å²) in [7, 11) is 0. The lowest BCUT2D eigenvalue weighted by molar-refractivity contribution is 0.226. The Balaban J connectivity index is 1.79. The summed E-state index contributed by atoms with van der Waals surface area (Å²) in [5.41, 5.74) is 8.54. The van der Waals surface area contributed by atoms with Gasteiger partial charge in [-0.2, -0.15) is 0 Å². The van der Waals surface area contributed by atoms with Crippen molar-refractivity contribution in [2.24, 2.45) is 11.1 Å². The minimum atomic E-state index is 0.434. The van der Waals surface area contributed by atoms with Crippen molar-refractivity contribution >= 4 is 34.5 Å². The Labute approximate surface area is 131 Å². The van der Waals surface area contributed by atoms with Crippen LogP contribution in [0.15, 0.2) is 18.2 Å². The molecule has 1 aliphatic carbocycles. The fourth-order valence-electron chi connectivity index (χ4n) is 3.83. The molecule has 3 rings (SSSR count). The fourth-order valence-corrected chi connectivity index (χ4v) is 4.16. The Bertz CT molecular complexity index is 513. The number of piperidine rings is 1. The van der Waals surface area contributed by atoms with Gasteiger partial charge in [-0.25, -0.2) is 0 Å². The molecule has 1 spiro atoms. The van der Waals surface area contributed by atoms with Crippen LogP contribution in [0, 0.1) is 5.41 Å². The molecule has 2 nitrogen and oxygen atoms in total. The van der Waals surface area contributed by atoms with Crippen molar-refractivity contribution in [3.8, 4) is 0 Å². The lowest BCUT2D eigenvalue weighted by Crippen LogP contribution is -2.39. The first-order valence-electron chi connectivity index (χ1n) is 7.44. The first-order chi connectivity index (χ1) is 9.60. The highest BCUT2D eigenvalue weighted by atomic mass is 35.5. The molecule has 0 radical (unpaired) electrons. The third-order valence-electron chi connectivity index (χ3n) is 5.05. The van der Waals surface area contributed by atoms with Crippen LogP contribution in [-0.2, 0) is 0 Å². The zero-order chi connectivity index (χ0) is 14.2. The first kappa shape index (κ1) is 14.2. The second-order valence-electron chi connectivity index (χ2n) is 6.22. The largest absolute Gasteiger partial charge is 0.389 e. The molecule has 0 amide bonds. The number of nitrogens with two attached hydrogens (primary N) is 1. The Hall–Kier alpha value is -0.800. The van der Waals surface area contributed by atoms with E-state index in [0.29, 0.717) is 15.4 Å². The van der Waals surface area contributed by atoms with E-state index >= 15 is 0 Å². The summed E-state index contributed by atoms with van der Waals surface area (Å²) < 4.78 is 0. The average molecular weight is 309 g/mol. The number of anilines is 1. The maximum absolute atomic E-state index is 6.06. The Morgan fingerprint density at radius 2 is 1.80 bits per heavy atom. The molecular weight excluding hydrogens is 288 g/mol. The molecule has 1 saturated heterocycles. The number of benzene rings is 1. The number of thiocarbonyl (C=S) groups is 1. The number of rotatable bonds is 2. The lowest BCUT2D eigenvalue weighted by Gasteiger charge is -2.41. The van der Waals surface area contributed by atoms with Crippen LogP contribution in [-0.4, -0.2) is 18.1 Å². The fraction of sp³-hybridized carbons (Fsp3) is 0.562. The van der Waals surface area contributed by atoms with Gasteiger partial charge in [0.2, 0.25) is 0 Å². The maximum atomic E-state index is 6.06. The highest BCUT2D eigenvalue weighted by Crippen LogP contribution is 2.46. The Morgan fingerprint density at radius 3 is 2.40 bits per heavy atom. The summed E-state index contributed by atoms with van der Waals surface area (Å²) >= 11 is 11.2. The Kier molecular flexibility index (Phi) is 3.91. The third kappa shape index (κ3) is 2.66. The van der Waals surface area contributed by atoms with E-state index in [0.717, 1.165) is 24.3 Å². The summed E-state index contributed by atoms with van der Waals surface area (Å²) in [6, 6.07) is 5.88. The van der Waals surface area contributed by atoms with Crippen molar-refractivity contribution < 1.29 is 0 Å². The van der Waals surface area contributed by atoms with Crippen LogP contribution in [0.3, 0.4) is 0 Å². The van der Waals surface area contributed by atoms with Gasteiger partial charge in [0.05, 0.1) is 0 Å². The normalized spacial score (nSPS) is 21.4. The SMILES string of the molecule is NC(=S)c1cc(Cl)ccc1N1CCC2(CCCC2)CC1. The van der Waals surface area contributed by atoms with Gasteiger partial charge in [-0.05, 0) is 49.3 Å². The summed E-state index contributed by atoms with van der Waals surface area (Å²) in [5.74, 6) is 0. The van der Waals surface area contributed by atoms with Crippen LogP contribution < -0.4 is 10.6 Å². The summed E-state index contributed by atoms with van der Waals surface area (Å²) in [6.07, 6.45) is 8.27. The van der Waals surface area contributed by atoms with Crippen molar-refractivity contribution in [2.45, 2.75) is 38.5 Å². The second-order valence-corrected chi connectivity index (χ2v) is 7.10. The molecule has 0 bridgehead atoms. The minimum Gasteiger partial charge on any atom is -0.389 e. The number of hydrogen-bond acceptors (Lipinski definition) is 2. The van der Waals surface area contributed by atoms with Crippen molar-refractivity contribution in [1.82, 2.24) is 0 Å². The molecular formula is C16H21ClN2S. The van der Waals surface area contributed by atoms with Gasteiger partial charge in [-0.15, -0.1) is 0 Å². The number of halogens is 1. The van der Waals surface area contributed by atoms with Crippen LogP contribution >= 0.6 is 23.8 Å². The quantitative estimate of drug-likeness (QED) is 0.833. The number of nitrogens with zero attached hydrogens (tertiary/aromatic N) is 1. The monoisotopic (exact) mass is 308 g/mol. The van der Waals surface area contributed by atoms with E-state index in [1.54, 1.807) is 0 Å². The molecule has 1 aromatic rings. The van der Waals surface area contributed by atoms with Gasteiger partial charge in [0.25, 0.3) is 0 Å². The van der Waals surface area contributed by atoms with E-state index in [2.05, 4.69) is 11.0 Å². The van der Waals surface area contributed by atoms with Crippen LogP contribution in [0.1, 0.15) is 44.1 Å². The summed E-state index contributed by atoms with van der Waals surface area (Å²) in [4.78, 5) is 2.86. The van der Waals surface area contributed by atoms with E-state index in [4.69, 9.17) is 29.6 Å².